The summed E-state index contributed by atoms with van der Waals surface area (Å²) >= 11 is 7.37. The second-order valence-corrected chi connectivity index (χ2v) is 8.17. The van der Waals surface area contributed by atoms with Crippen LogP contribution >= 0.6 is 23.4 Å². The Hall–Kier alpha value is -2.59. The molecule has 170 valence electrons. The smallest absolute Gasteiger partial charge is 0.337 e. The molecule has 10 heteroatoms. The number of hydrogen-bond donors (Lipinski definition) is 1. The predicted octanol–water partition coefficient (Wildman–Crippen LogP) is 3.56. The summed E-state index contributed by atoms with van der Waals surface area (Å²) in [6.45, 7) is 1.17. The molecule has 2 aromatic carbocycles. The normalized spacial score (nSPS) is 11.9. The fourth-order valence-electron chi connectivity index (χ4n) is 2.81. The highest BCUT2D eigenvalue weighted by molar-refractivity contribution is 7.99. The maximum absolute atomic E-state index is 11.5. The van der Waals surface area contributed by atoms with Crippen LogP contribution in [0.5, 0.6) is 5.75 Å². The molecule has 1 atom stereocenters. The van der Waals surface area contributed by atoms with Crippen molar-refractivity contribution in [1.29, 1.82) is 0 Å². The van der Waals surface area contributed by atoms with E-state index >= 15 is 0 Å². The first-order valence-electron chi connectivity index (χ1n) is 9.82. The van der Waals surface area contributed by atoms with Gasteiger partial charge in [-0.3, -0.25) is 4.57 Å². The fraction of sp³-hybridized carbons (Fsp3) is 0.318. The first-order chi connectivity index (χ1) is 15.5. The van der Waals surface area contributed by atoms with Gasteiger partial charge < -0.3 is 19.3 Å². The van der Waals surface area contributed by atoms with Gasteiger partial charge in [-0.15, -0.1) is 10.2 Å². The molecule has 3 rings (SSSR count). The SMILES string of the molecule is COCCn1c(SC[C@@H](O)COc2ccc(C(=O)OC)cc2)nnc1-c1ccc(Cl)cc1. The Morgan fingerprint density at radius 2 is 1.84 bits per heavy atom. The Bertz CT molecular complexity index is 1010. The van der Waals surface area contributed by atoms with E-state index in [0.29, 0.717) is 46.2 Å². The topological polar surface area (TPSA) is 95.7 Å². The highest BCUT2D eigenvalue weighted by Gasteiger charge is 2.16. The zero-order valence-corrected chi connectivity index (χ0v) is 19.3. The van der Waals surface area contributed by atoms with E-state index in [2.05, 4.69) is 14.9 Å². The third kappa shape index (κ3) is 6.46. The number of aliphatic hydroxyl groups is 1. The summed E-state index contributed by atoms with van der Waals surface area (Å²) in [5.74, 6) is 1.21. The minimum Gasteiger partial charge on any atom is -0.491 e. The molecule has 0 radical (unpaired) electrons. The largest absolute Gasteiger partial charge is 0.491 e. The summed E-state index contributed by atoms with van der Waals surface area (Å²) in [7, 11) is 2.97. The van der Waals surface area contributed by atoms with Gasteiger partial charge in [-0.25, -0.2) is 4.79 Å². The third-order valence-corrected chi connectivity index (χ3v) is 5.82. The van der Waals surface area contributed by atoms with Crippen LogP contribution in [0.4, 0.5) is 0 Å². The van der Waals surface area contributed by atoms with Crippen molar-refractivity contribution >= 4 is 29.3 Å². The Morgan fingerprint density at radius 1 is 1.12 bits per heavy atom. The van der Waals surface area contributed by atoms with Gasteiger partial charge in [0, 0.05) is 23.4 Å². The summed E-state index contributed by atoms with van der Waals surface area (Å²) in [6.07, 6.45) is -0.730. The first-order valence-corrected chi connectivity index (χ1v) is 11.2. The molecule has 0 unspecified atom stereocenters. The number of halogens is 1. The van der Waals surface area contributed by atoms with Crippen molar-refractivity contribution in [2.24, 2.45) is 0 Å². The van der Waals surface area contributed by atoms with E-state index in [1.807, 2.05) is 16.7 Å². The number of ether oxygens (including phenoxy) is 3. The standard InChI is InChI=1S/C22H24ClN3O5S/c1-29-12-11-26-20(15-3-7-17(23)8-4-15)24-25-22(26)32-14-18(27)13-31-19-9-5-16(6-10-19)21(28)30-2/h3-10,18,27H,11-14H2,1-2H3/t18-/m0/s1. The lowest BCUT2D eigenvalue weighted by molar-refractivity contribution is 0.0600. The average Bonchev–Trinajstić information content (AvgIpc) is 3.22. The minimum atomic E-state index is -0.730. The number of esters is 1. The van der Waals surface area contributed by atoms with Crippen LogP contribution in [0.1, 0.15) is 10.4 Å². The summed E-state index contributed by atoms with van der Waals surface area (Å²) in [5, 5.41) is 20.3. The van der Waals surface area contributed by atoms with Gasteiger partial charge in [-0.05, 0) is 48.5 Å². The number of methoxy groups -OCH3 is 2. The van der Waals surface area contributed by atoms with Crippen LogP contribution < -0.4 is 4.74 Å². The summed E-state index contributed by atoms with van der Waals surface area (Å²) in [6, 6.07) is 13.9. The lowest BCUT2D eigenvalue weighted by Gasteiger charge is -2.13. The highest BCUT2D eigenvalue weighted by atomic mass is 35.5. The molecule has 0 saturated carbocycles. The number of rotatable bonds is 11. The molecule has 1 heterocycles. The molecule has 1 aromatic heterocycles. The molecule has 0 spiro atoms. The van der Waals surface area contributed by atoms with E-state index < -0.39 is 12.1 Å². The molecule has 0 fully saturated rings. The maximum Gasteiger partial charge on any atom is 0.337 e. The second-order valence-electron chi connectivity index (χ2n) is 6.75. The van der Waals surface area contributed by atoms with E-state index in [4.69, 9.17) is 21.1 Å². The lowest BCUT2D eigenvalue weighted by Crippen LogP contribution is -2.20. The van der Waals surface area contributed by atoms with Crippen molar-refractivity contribution in [2.45, 2.75) is 17.8 Å². The number of carbonyl (C=O) groups excluding carboxylic acids is 1. The Labute approximate surface area is 195 Å². The number of nitrogens with zero attached hydrogens (tertiary/aromatic N) is 3. The summed E-state index contributed by atoms with van der Waals surface area (Å²) < 4.78 is 17.5. The minimum absolute atomic E-state index is 0.0980. The van der Waals surface area contributed by atoms with E-state index in [1.54, 1.807) is 43.5 Å². The van der Waals surface area contributed by atoms with Gasteiger partial charge in [0.1, 0.15) is 12.4 Å². The van der Waals surface area contributed by atoms with Crippen LogP contribution in [0.2, 0.25) is 5.02 Å². The van der Waals surface area contributed by atoms with Crippen molar-refractivity contribution in [3.05, 3.63) is 59.1 Å². The number of aliphatic hydroxyl groups excluding tert-OH is 1. The highest BCUT2D eigenvalue weighted by Crippen LogP contribution is 2.25. The monoisotopic (exact) mass is 477 g/mol. The van der Waals surface area contributed by atoms with Gasteiger partial charge in [0.05, 0.1) is 31.9 Å². The van der Waals surface area contributed by atoms with Crippen LogP contribution in [-0.2, 0) is 16.0 Å². The quantitative estimate of drug-likeness (QED) is 0.331. The van der Waals surface area contributed by atoms with Crippen molar-refractivity contribution < 1.29 is 24.1 Å². The maximum atomic E-state index is 11.5. The lowest BCUT2D eigenvalue weighted by atomic mass is 10.2. The number of aromatic nitrogens is 3. The third-order valence-electron chi connectivity index (χ3n) is 4.46. The molecule has 0 saturated heterocycles. The van der Waals surface area contributed by atoms with Crippen LogP contribution in [0.25, 0.3) is 11.4 Å². The van der Waals surface area contributed by atoms with Crippen molar-refractivity contribution in [3.63, 3.8) is 0 Å². The van der Waals surface area contributed by atoms with E-state index in [1.165, 1.54) is 18.9 Å². The molecule has 8 nitrogen and oxygen atoms in total. The number of hydrogen-bond acceptors (Lipinski definition) is 8. The Balaban J connectivity index is 1.59. The summed E-state index contributed by atoms with van der Waals surface area (Å²) in [4.78, 5) is 11.5. The van der Waals surface area contributed by atoms with Gasteiger partial charge in [-0.1, -0.05) is 23.4 Å². The molecule has 0 aliphatic rings. The van der Waals surface area contributed by atoms with Gasteiger partial charge in [-0.2, -0.15) is 0 Å². The molecule has 0 aliphatic heterocycles. The molecular weight excluding hydrogens is 454 g/mol. The number of thioether (sulfide) groups is 1. The van der Waals surface area contributed by atoms with Crippen LogP contribution in [0.3, 0.4) is 0 Å². The van der Waals surface area contributed by atoms with Crippen LogP contribution in [-0.4, -0.2) is 65.1 Å². The number of benzene rings is 2. The van der Waals surface area contributed by atoms with E-state index in [-0.39, 0.29) is 6.61 Å². The van der Waals surface area contributed by atoms with Gasteiger partial charge in [0.2, 0.25) is 0 Å². The molecule has 32 heavy (non-hydrogen) atoms. The van der Waals surface area contributed by atoms with Crippen molar-refractivity contribution in [2.75, 3.05) is 33.2 Å². The fourth-order valence-corrected chi connectivity index (χ4v) is 3.80. The molecule has 0 bridgehead atoms. The summed E-state index contributed by atoms with van der Waals surface area (Å²) in [5.41, 5.74) is 1.33. The van der Waals surface area contributed by atoms with Crippen molar-refractivity contribution in [3.8, 4) is 17.1 Å². The number of carbonyl (C=O) groups is 1. The van der Waals surface area contributed by atoms with E-state index in [0.717, 1.165) is 5.56 Å². The zero-order chi connectivity index (χ0) is 22.9. The van der Waals surface area contributed by atoms with Crippen LogP contribution in [0, 0.1) is 0 Å². The molecule has 0 aliphatic carbocycles. The average molecular weight is 478 g/mol. The second kappa shape index (κ2) is 11.9. The first kappa shape index (κ1) is 24.1. The van der Waals surface area contributed by atoms with Crippen molar-refractivity contribution in [1.82, 2.24) is 14.8 Å². The Morgan fingerprint density at radius 3 is 2.50 bits per heavy atom. The molecule has 3 aromatic rings. The van der Waals surface area contributed by atoms with Gasteiger partial charge in [0.25, 0.3) is 0 Å². The molecular formula is C22H24ClN3O5S. The van der Waals surface area contributed by atoms with Gasteiger partial charge >= 0.3 is 5.97 Å². The molecule has 0 amide bonds. The molecule has 1 N–H and O–H groups in total. The predicted molar refractivity (Wildman–Crippen MR) is 122 cm³/mol. The Kier molecular flexibility index (Phi) is 8.92. The van der Waals surface area contributed by atoms with Crippen LogP contribution in [0.15, 0.2) is 53.7 Å². The zero-order valence-electron chi connectivity index (χ0n) is 17.7. The van der Waals surface area contributed by atoms with Gasteiger partial charge in [0.15, 0.2) is 11.0 Å². The van der Waals surface area contributed by atoms with E-state index in [9.17, 15) is 9.90 Å².